The van der Waals surface area contributed by atoms with Gasteiger partial charge in [-0.1, -0.05) is 18.2 Å². The molecule has 132 valence electrons. The summed E-state index contributed by atoms with van der Waals surface area (Å²) in [5.41, 5.74) is 0.800. The van der Waals surface area contributed by atoms with Crippen molar-refractivity contribution in [2.24, 2.45) is 11.8 Å². The summed E-state index contributed by atoms with van der Waals surface area (Å²) >= 11 is 0. The van der Waals surface area contributed by atoms with Gasteiger partial charge in [0, 0.05) is 31.5 Å². The quantitative estimate of drug-likeness (QED) is 0.908. The van der Waals surface area contributed by atoms with Gasteiger partial charge in [-0.15, -0.1) is 0 Å². The van der Waals surface area contributed by atoms with Gasteiger partial charge in [0.15, 0.2) is 0 Å². The lowest BCUT2D eigenvalue weighted by Gasteiger charge is -2.22. The van der Waals surface area contributed by atoms with Crippen LogP contribution in [0.5, 0.6) is 0 Å². The average molecular weight is 358 g/mol. The lowest BCUT2D eigenvalue weighted by molar-refractivity contribution is 0.436. The van der Waals surface area contributed by atoms with E-state index in [0.717, 1.165) is 24.2 Å². The molecule has 2 aliphatic rings. The lowest BCUT2D eigenvalue weighted by Crippen LogP contribution is -2.33. The van der Waals surface area contributed by atoms with Crippen LogP contribution in [-0.2, 0) is 10.0 Å². The molecule has 4 rings (SSSR count). The second-order valence-electron chi connectivity index (χ2n) is 6.93. The third-order valence-corrected chi connectivity index (χ3v) is 7.42. The molecule has 0 amide bonds. The fourth-order valence-electron chi connectivity index (χ4n) is 4.15. The summed E-state index contributed by atoms with van der Waals surface area (Å²) in [6.07, 6.45) is 7.11. The van der Waals surface area contributed by atoms with E-state index in [1.54, 1.807) is 35.0 Å². The monoisotopic (exact) mass is 358 g/mol. The molecule has 2 fully saturated rings. The molecule has 0 radical (unpaired) electrons. The highest BCUT2D eigenvalue weighted by Crippen LogP contribution is 2.41. The van der Waals surface area contributed by atoms with E-state index in [4.69, 9.17) is 0 Å². The number of hydrogen-bond donors (Lipinski definition) is 1. The molecule has 1 aromatic carbocycles. The van der Waals surface area contributed by atoms with Gasteiger partial charge in [-0.25, -0.2) is 13.4 Å². The smallest absolute Gasteiger partial charge is 0.243 e. The van der Waals surface area contributed by atoms with Gasteiger partial charge in [-0.2, -0.15) is 4.31 Å². The summed E-state index contributed by atoms with van der Waals surface area (Å²) in [5, 5.41) is 3.44. The maximum absolute atomic E-state index is 13.0. The van der Waals surface area contributed by atoms with Crippen LogP contribution in [0.2, 0.25) is 0 Å². The van der Waals surface area contributed by atoms with E-state index < -0.39 is 10.0 Å². The highest BCUT2D eigenvalue weighted by molar-refractivity contribution is 7.89. The minimum absolute atomic E-state index is 0.249. The number of hydrogen-bond acceptors (Lipinski definition) is 5. The molecule has 2 aromatic rings. The van der Waals surface area contributed by atoms with Gasteiger partial charge in [0.05, 0.1) is 11.1 Å². The molecule has 1 aliphatic carbocycles. The first-order valence-corrected chi connectivity index (χ1v) is 10.1. The topological polar surface area (TPSA) is 75.2 Å². The zero-order valence-corrected chi connectivity index (χ0v) is 15.0. The van der Waals surface area contributed by atoms with E-state index in [2.05, 4.69) is 15.3 Å². The van der Waals surface area contributed by atoms with Crippen LogP contribution in [0.3, 0.4) is 0 Å². The fourth-order valence-corrected chi connectivity index (χ4v) is 5.91. The van der Waals surface area contributed by atoms with Crippen LogP contribution in [0.15, 0.2) is 47.8 Å². The predicted octanol–water partition coefficient (Wildman–Crippen LogP) is 2.30. The molecule has 0 spiro atoms. The highest BCUT2D eigenvalue weighted by atomic mass is 32.2. The summed E-state index contributed by atoms with van der Waals surface area (Å²) in [6, 6.07) is 7.46. The minimum Gasteiger partial charge on any atom is -0.366 e. The van der Waals surface area contributed by atoms with E-state index in [1.807, 2.05) is 19.1 Å². The molecule has 3 atom stereocenters. The van der Waals surface area contributed by atoms with Crippen LogP contribution in [-0.4, -0.2) is 41.8 Å². The Morgan fingerprint density at radius 3 is 2.76 bits per heavy atom. The van der Waals surface area contributed by atoms with Crippen LogP contribution in [0.4, 0.5) is 5.82 Å². The van der Waals surface area contributed by atoms with Crippen LogP contribution >= 0.6 is 0 Å². The first-order chi connectivity index (χ1) is 12.1. The second-order valence-corrected chi connectivity index (χ2v) is 8.84. The van der Waals surface area contributed by atoms with Crippen molar-refractivity contribution in [3.05, 3.63) is 48.4 Å². The number of aryl methyl sites for hydroxylation is 1. The van der Waals surface area contributed by atoms with Gasteiger partial charge < -0.3 is 5.32 Å². The van der Waals surface area contributed by atoms with E-state index in [9.17, 15) is 8.42 Å². The Balaban J connectivity index is 1.52. The van der Waals surface area contributed by atoms with Crippen molar-refractivity contribution < 1.29 is 8.42 Å². The summed E-state index contributed by atoms with van der Waals surface area (Å²) in [6.45, 7) is 3.03. The van der Waals surface area contributed by atoms with Crippen molar-refractivity contribution in [3.8, 4) is 0 Å². The number of anilines is 1. The number of aromatic nitrogens is 2. The van der Waals surface area contributed by atoms with Gasteiger partial charge in [0.2, 0.25) is 10.0 Å². The van der Waals surface area contributed by atoms with Crippen LogP contribution < -0.4 is 5.32 Å². The first kappa shape index (κ1) is 16.5. The Kier molecular flexibility index (Phi) is 4.21. The minimum atomic E-state index is -3.43. The van der Waals surface area contributed by atoms with Crippen molar-refractivity contribution in [3.63, 3.8) is 0 Å². The molecule has 1 aliphatic heterocycles. The SMILES string of the molecule is Cc1ccccc1S(=O)(=O)N1C[C@H]2CC[C@@H](Nc3cnccn3)[C@H]2C1. The van der Waals surface area contributed by atoms with Crippen molar-refractivity contribution in [2.45, 2.75) is 30.7 Å². The fraction of sp³-hybridized carbons (Fsp3) is 0.444. The Hall–Kier alpha value is -1.99. The predicted molar refractivity (Wildman–Crippen MR) is 95.6 cm³/mol. The first-order valence-electron chi connectivity index (χ1n) is 8.64. The Morgan fingerprint density at radius 1 is 1.16 bits per heavy atom. The van der Waals surface area contributed by atoms with Crippen molar-refractivity contribution in [1.82, 2.24) is 14.3 Å². The lowest BCUT2D eigenvalue weighted by atomic mass is 9.98. The molecule has 2 heterocycles. The summed E-state index contributed by atoms with van der Waals surface area (Å²) < 4.78 is 27.7. The number of nitrogens with one attached hydrogen (secondary N) is 1. The van der Waals surface area contributed by atoms with Gasteiger partial charge in [0.25, 0.3) is 0 Å². The number of benzene rings is 1. The maximum atomic E-state index is 13.0. The van der Waals surface area contributed by atoms with E-state index in [-0.39, 0.29) is 6.04 Å². The number of nitrogens with zero attached hydrogens (tertiary/aromatic N) is 3. The Morgan fingerprint density at radius 2 is 2.00 bits per heavy atom. The molecular formula is C18H22N4O2S. The normalized spacial score (nSPS) is 26.5. The van der Waals surface area contributed by atoms with Crippen molar-refractivity contribution >= 4 is 15.8 Å². The second kappa shape index (κ2) is 6.38. The van der Waals surface area contributed by atoms with Gasteiger partial charge in [-0.05, 0) is 43.2 Å². The molecule has 1 saturated carbocycles. The Labute approximate surface area is 148 Å². The van der Waals surface area contributed by atoms with Crippen LogP contribution in [0, 0.1) is 18.8 Å². The van der Waals surface area contributed by atoms with E-state index in [0.29, 0.717) is 29.8 Å². The van der Waals surface area contributed by atoms with Gasteiger partial charge >= 0.3 is 0 Å². The molecule has 0 bridgehead atoms. The molecular weight excluding hydrogens is 336 g/mol. The van der Waals surface area contributed by atoms with Crippen molar-refractivity contribution in [1.29, 1.82) is 0 Å². The van der Waals surface area contributed by atoms with E-state index >= 15 is 0 Å². The zero-order valence-electron chi connectivity index (χ0n) is 14.2. The largest absolute Gasteiger partial charge is 0.366 e. The third-order valence-electron chi connectivity index (χ3n) is 5.43. The Bertz CT molecular complexity index is 856. The zero-order chi connectivity index (χ0) is 17.4. The highest BCUT2D eigenvalue weighted by Gasteiger charge is 2.46. The van der Waals surface area contributed by atoms with Crippen molar-refractivity contribution in [2.75, 3.05) is 18.4 Å². The summed E-state index contributed by atoms with van der Waals surface area (Å²) in [4.78, 5) is 8.79. The maximum Gasteiger partial charge on any atom is 0.243 e. The van der Waals surface area contributed by atoms with Crippen LogP contribution in [0.25, 0.3) is 0 Å². The molecule has 1 N–H and O–H groups in total. The molecule has 25 heavy (non-hydrogen) atoms. The summed E-state index contributed by atoms with van der Waals surface area (Å²) in [7, 11) is -3.43. The van der Waals surface area contributed by atoms with Gasteiger partial charge in [-0.3, -0.25) is 4.98 Å². The standard InChI is InChI=1S/C18H22N4O2S/c1-13-4-2-3-5-17(13)25(23,24)22-11-14-6-7-16(15(14)12-22)21-18-10-19-8-9-20-18/h2-5,8-10,14-16H,6-7,11-12H2,1H3,(H,20,21)/t14-,15+,16-/m1/s1. The molecule has 7 heteroatoms. The average Bonchev–Trinajstić information content (AvgIpc) is 3.19. The third kappa shape index (κ3) is 3.02. The van der Waals surface area contributed by atoms with Crippen LogP contribution in [0.1, 0.15) is 18.4 Å². The van der Waals surface area contributed by atoms with E-state index in [1.165, 1.54) is 0 Å². The molecule has 1 aromatic heterocycles. The summed E-state index contributed by atoms with van der Waals surface area (Å²) in [5.74, 6) is 1.49. The molecule has 0 unspecified atom stereocenters. The molecule has 1 saturated heterocycles. The molecule has 6 nitrogen and oxygen atoms in total. The van der Waals surface area contributed by atoms with Gasteiger partial charge in [0.1, 0.15) is 5.82 Å². The number of fused-ring (bicyclic) bond motifs is 1. The number of sulfonamides is 1. The number of rotatable bonds is 4.